The zero-order chi connectivity index (χ0) is 13.0. The van der Waals surface area contributed by atoms with Gasteiger partial charge in [-0.3, -0.25) is 9.59 Å². The van der Waals surface area contributed by atoms with Gasteiger partial charge in [0.2, 0.25) is 5.91 Å². The Morgan fingerprint density at radius 3 is 2.53 bits per heavy atom. The van der Waals surface area contributed by atoms with Crippen LogP contribution in [0, 0.1) is 11.8 Å². The molecule has 0 aliphatic carbocycles. The van der Waals surface area contributed by atoms with Crippen LogP contribution in [0.1, 0.15) is 27.2 Å². The van der Waals surface area contributed by atoms with E-state index in [-0.39, 0.29) is 23.8 Å². The lowest BCUT2D eigenvalue weighted by molar-refractivity contribution is -0.144. The summed E-state index contributed by atoms with van der Waals surface area (Å²) in [4.78, 5) is 24.7. The third-order valence-electron chi connectivity index (χ3n) is 3.19. The molecule has 2 atom stereocenters. The lowest BCUT2D eigenvalue weighted by Crippen LogP contribution is -2.52. The molecule has 0 radical (unpaired) electrons. The fraction of sp³-hybridized carbons (Fsp3) is 0.833. The molecule has 0 bridgehead atoms. The number of aliphatic carboxylic acids is 1. The van der Waals surface area contributed by atoms with Crippen LogP contribution in [0.2, 0.25) is 0 Å². The van der Waals surface area contributed by atoms with Gasteiger partial charge in [0, 0.05) is 25.0 Å². The number of hydrogen-bond acceptors (Lipinski definition) is 3. The van der Waals surface area contributed by atoms with E-state index in [0.717, 1.165) is 13.1 Å². The lowest BCUT2D eigenvalue weighted by atomic mass is 9.94. The number of carbonyl (C=O) groups excluding carboxylic acids is 1. The van der Waals surface area contributed by atoms with E-state index in [4.69, 9.17) is 5.11 Å². The Morgan fingerprint density at radius 2 is 2.06 bits per heavy atom. The first-order valence-corrected chi connectivity index (χ1v) is 6.19. The van der Waals surface area contributed by atoms with Gasteiger partial charge in [0.25, 0.3) is 0 Å². The van der Waals surface area contributed by atoms with Gasteiger partial charge in [0.05, 0.1) is 5.92 Å². The minimum atomic E-state index is -0.771. The van der Waals surface area contributed by atoms with E-state index in [1.54, 1.807) is 0 Å². The third-order valence-corrected chi connectivity index (χ3v) is 3.19. The lowest BCUT2D eigenvalue weighted by Gasteiger charge is -2.36. The van der Waals surface area contributed by atoms with E-state index in [1.807, 2.05) is 20.8 Å². The summed E-state index contributed by atoms with van der Waals surface area (Å²) >= 11 is 0. The van der Waals surface area contributed by atoms with Gasteiger partial charge in [0.15, 0.2) is 0 Å². The predicted octanol–water partition coefficient (Wildman–Crippen LogP) is 0.554. The molecule has 0 aromatic heterocycles. The van der Waals surface area contributed by atoms with Crippen molar-refractivity contribution >= 4 is 11.9 Å². The van der Waals surface area contributed by atoms with Crippen molar-refractivity contribution in [1.82, 2.24) is 10.2 Å². The van der Waals surface area contributed by atoms with Gasteiger partial charge in [-0.1, -0.05) is 20.8 Å². The minimum Gasteiger partial charge on any atom is -0.481 e. The summed E-state index contributed by atoms with van der Waals surface area (Å²) in [6.45, 7) is 7.83. The SMILES string of the molecule is CCN1CC(NC(=O)C(C)C)CC(C(=O)O)C1. The normalized spacial score (nSPS) is 25.9. The van der Waals surface area contributed by atoms with Gasteiger partial charge in [-0.15, -0.1) is 0 Å². The molecule has 0 aromatic rings. The van der Waals surface area contributed by atoms with E-state index < -0.39 is 5.97 Å². The van der Waals surface area contributed by atoms with Crippen molar-refractivity contribution in [3.05, 3.63) is 0 Å². The second-order valence-electron chi connectivity index (χ2n) is 4.98. The van der Waals surface area contributed by atoms with E-state index >= 15 is 0 Å². The Balaban J connectivity index is 2.59. The summed E-state index contributed by atoms with van der Waals surface area (Å²) in [7, 11) is 0. The minimum absolute atomic E-state index is 0.00269. The maximum atomic E-state index is 11.6. The van der Waals surface area contributed by atoms with Crippen molar-refractivity contribution in [1.29, 1.82) is 0 Å². The highest BCUT2D eigenvalue weighted by Gasteiger charge is 2.31. The van der Waals surface area contributed by atoms with Crippen LogP contribution in [0.15, 0.2) is 0 Å². The molecule has 2 N–H and O–H groups in total. The molecule has 5 heteroatoms. The van der Waals surface area contributed by atoms with E-state index in [0.29, 0.717) is 13.0 Å². The first-order valence-electron chi connectivity index (χ1n) is 6.19. The van der Waals surface area contributed by atoms with Crippen LogP contribution < -0.4 is 5.32 Å². The molecule has 1 heterocycles. The maximum absolute atomic E-state index is 11.6. The first kappa shape index (κ1) is 14.0. The fourth-order valence-corrected chi connectivity index (χ4v) is 2.10. The summed E-state index contributed by atoms with van der Waals surface area (Å²) in [5.41, 5.74) is 0. The third kappa shape index (κ3) is 4.00. The molecule has 1 aliphatic heterocycles. The van der Waals surface area contributed by atoms with Crippen LogP contribution in [0.3, 0.4) is 0 Å². The smallest absolute Gasteiger partial charge is 0.307 e. The topological polar surface area (TPSA) is 69.6 Å². The number of hydrogen-bond donors (Lipinski definition) is 2. The van der Waals surface area contributed by atoms with Gasteiger partial charge in [-0.25, -0.2) is 0 Å². The Labute approximate surface area is 102 Å². The molecule has 17 heavy (non-hydrogen) atoms. The van der Waals surface area contributed by atoms with Crippen LogP contribution in [0.25, 0.3) is 0 Å². The first-order chi connectivity index (χ1) is 7.93. The van der Waals surface area contributed by atoms with Gasteiger partial charge in [-0.2, -0.15) is 0 Å². The van der Waals surface area contributed by atoms with Crippen LogP contribution in [0.5, 0.6) is 0 Å². The number of nitrogens with zero attached hydrogens (tertiary/aromatic N) is 1. The number of amides is 1. The Morgan fingerprint density at radius 1 is 1.41 bits per heavy atom. The average molecular weight is 242 g/mol. The molecule has 0 aromatic carbocycles. The highest BCUT2D eigenvalue weighted by Crippen LogP contribution is 2.17. The second-order valence-corrected chi connectivity index (χ2v) is 4.98. The zero-order valence-electron chi connectivity index (χ0n) is 10.8. The molecular formula is C12H22N2O3. The Hall–Kier alpha value is -1.10. The standard InChI is InChI=1S/C12H22N2O3/c1-4-14-6-9(12(16)17)5-10(7-14)13-11(15)8(2)3/h8-10H,4-7H2,1-3H3,(H,13,15)(H,16,17). The summed E-state index contributed by atoms with van der Waals surface area (Å²) in [6, 6.07) is -0.0419. The molecule has 2 unspecified atom stereocenters. The number of nitrogens with one attached hydrogen (secondary N) is 1. The van der Waals surface area contributed by atoms with Crippen LogP contribution in [0.4, 0.5) is 0 Å². The second kappa shape index (κ2) is 6.00. The van der Waals surface area contributed by atoms with Crippen molar-refractivity contribution in [3.63, 3.8) is 0 Å². The molecule has 1 rings (SSSR count). The molecule has 0 spiro atoms. The Kier molecular flexibility index (Phi) is 4.93. The van der Waals surface area contributed by atoms with Crippen molar-refractivity contribution in [2.75, 3.05) is 19.6 Å². The van der Waals surface area contributed by atoms with Crippen LogP contribution in [-0.4, -0.2) is 47.6 Å². The Bertz CT molecular complexity index is 291. The number of piperidine rings is 1. The van der Waals surface area contributed by atoms with Crippen LogP contribution in [-0.2, 0) is 9.59 Å². The van der Waals surface area contributed by atoms with Gasteiger partial charge in [0.1, 0.15) is 0 Å². The number of likely N-dealkylation sites (N-methyl/N-ethyl adjacent to an activating group) is 1. The van der Waals surface area contributed by atoms with Crippen molar-refractivity contribution < 1.29 is 14.7 Å². The largest absolute Gasteiger partial charge is 0.481 e. The fourth-order valence-electron chi connectivity index (χ4n) is 2.10. The maximum Gasteiger partial charge on any atom is 0.307 e. The summed E-state index contributed by atoms with van der Waals surface area (Å²) in [5, 5.41) is 12.0. The number of carboxylic acid groups (broad SMARTS) is 1. The molecule has 1 saturated heterocycles. The highest BCUT2D eigenvalue weighted by atomic mass is 16.4. The molecule has 5 nitrogen and oxygen atoms in total. The van der Waals surface area contributed by atoms with Gasteiger partial charge >= 0.3 is 5.97 Å². The summed E-state index contributed by atoms with van der Waals surface area (Å²) in [6.07, 6.45) is 0.532. The molecule has 1 aliphatic rings. The van der Waals surface area contributed by atoms with E-state index in [9.17, 15) is 9.59 Å². The summed E-state index contributed by atoms with van der Waals surface area (Å²) in [5.74, 6) is -1.21. The van der Waals surface area contributed by atoms with Crippen molar-refractivity contribution in [2.45, 2.75) is 33.2 Å². The number of carbonyl (C=O) groups is 2. The zero-order valence-corrected chi connectivity index (χ0v) is 10.8. The predicted molar refractivity (Wildman–Crippen MR) is 64.6 cm³/mol. The van der Waals surface area contributed by atoms with E-state index in [1.165, 1.54) is 0 Å². The molecule has 1 amide bonds. The van der Waals surface area contributed by atoms with Crippen molar-refractivity contribution in [2.24, 2.45) is 11.8 Å². The number of carboxylic acids is 1. The quantitative estimate of drug-likeness (QED) is 0.755. The monoisotopic (exact) mass is 242 g/mol. The van der Waals surface area contributed by atoms with Gasteiger partial charge in [-0.05, 0) is 13.0 Å². The molecular weight excluding hydrogens is 220 g/mol. The highest BCUT2D eigenvalue weighted by molar-refractivity contribution is 5.78. The average Bonchev–Trinajstić information content (AvgIpc) is 2.28. The molecule has 1 fully saturated rings. The van der Waals surface area contributed by atoms with Crippen molar-refractivity contribution in [3.8, 4) is 0 Å². The van der Waals surface area contributed by atoms with E-state index in [2.05, 4.69) is 10.2 Å². The number of likely N-dealkylation sites (tertiary alicyclic amines) is 1. The molecule has 0 saturated carbocycles. The number of rotatable bonds is 4. The summed E-state index contributed by atoms with van der Waals surface area (Å²) < 4.78 is 0. The van der Waals surface area contributed by atoms with Gasteiger partial charge < -0.3 is 15.3 Å². The van der Waals surface area contributed by atoms with Crippen LogP contribution >= 0.6 is 0 Å². The molecule has 98 valence electrons.